The van der Waals surface area contributed by atoms with E-state index in [4.69, 9.17) is 5.73 Å². The molecule has 0 atom stereocenters. The van der Waals surface area contributed by atoms with Crippen LogP contribution in [0.1, 0.15) is 18.6 Å². The molecule has 8 nitrogen and oxygen atoms in total. The maximum Gasteiger partial charge on any atom is 0.230 e. The van der Waals surface area contributed by atoms with Crippen molar-refractivity contribution in [3.8, 4) is 0 Å². The van der Waals surface area contributed by atoms with Crippen LogP contribution >= 0.6 is 0 Å². The molecule has 0 aliphatic carbocycles. The van der Waals surface area contributed by atoms with E-state index < -0.39 is 0 Å². The Labute approximate surface area is 104 Å². The highest BCUT2D eigenvalue weighted by molar-refractivity contribution is 5.35. The summed E-state index contributed by atoms with van der Waals surface area (Å²) in [5.41, 5.74) is 5.69. The van der Waals surface area contributed by atoms with E-state index in [9.17, 15) is 0 Å². The molecule has 1 aliphatic heterocycles. The van der Waals surface area contributed by atoms with Gasteiger partial charge in [-0.25, -0.2) is 0 Å². The Hall–Kier alpha value is -2.25. The first-order valence-electron chi connectivity index (χ1n) is 5.88. The van der Waals surface area contributed by atoms with Crippen molar-refractivity contribution in [3.63, 3.8) is 0 Å². The Morgan fingerprint density at radius 3 is 3.00 bits per heavy atom. The minimum atomic E-state index is 0.267. The van der Waals surface area contributed by atoms with Crippen LogP contribution in [0.2, 0.25) is 0 Å². The molecule has 3 heterocycles. The fourth-order valence-corrected chi connectivity index (χ4v) is 1.96. The van der Waals surface area contributed by atoms with Gasteiger partial charge in [0, 0.05) is 19.5 Å². The second-order valence-corrected chi connectivity index (χ2v) is 4.13. The van der Waals surface area contributed by atoms with Crippen molar-refractivity contribution in [1.29, 1.82) is 0 Å². The lowest BCUT2D eigenvalue weighted by atomic mass is 10.3. The molecule has 0 saturated carbocycles. The predicted octanol–water partition coefficient (Wildman–Crippen LogP) is -0.372. The number of anilines is 2. The molecule has 0 radical (unpaired) electrons. The molecule has 2 aromatic rings. The molecular formula is C10H14N8. The lowest BCUT2D eigenvalue weighted by Gasteiger charge is -2.27. The summed E-state index contributed by atoms with van der Waals surface area (Å²) in [5.74, 6) is 2.51. The summed E-state index contributed by atoms with van der Waals surface area (Å²) in [6.45, 7) is 4.28. The molecule has 1 aliphatic rings. The number of nitrogens with two attached hydrogens (primary N) is 1. The zero-order valence-corrected chi connectivity index (χ0v) is 10.1. The summed E-state index contributed by atoms with van der Waals surface area (Å²) >= 11 is 0. The van der Waals surface area contributed by atoms with E-state index in [1.807, 2.05) is 16.4 Å². The summed E-state index contributed by atoms with van der Waals surface area (Å²) in [4.78, 5) is 14.7. The zero-order chi connectivity index (χ0) is 12.5. The van der Waals surface area contributed by atoms with Gasteiger partial charge in [-0.2, -0.15) is 15.0 Å². The smallest absolute Gasteiger partial charge is 0.230 e. The highest BCUT2D eigenvalue weighted by atomic mass is 15.4. The van der Waals surface area contributed by atoms with Gasteiger partial charge in [-0.3, -0.25) is 0 Å². The van der Waals surface area contributed by atoms with Crippen LogP contribution in [-0.4, -0.2) is 36.3 Å². The number of hydrogen-bond donors (Lipinski definition) is 1. The van der Waals surface area contributed by atoms with Crippen LogP contribution in [-0.2, 0) is 19.5 Å². The van der Waals surface area contributed by atoms with Gasteiger partial charge in [0.15, 0.2) is 5.82 Å². The average molecular weight is 246 g/mol. The third kappa shape index (κ3) is 1.85. The van der Waals surface area contributed by atoms with Gasteiger partial charge in [0.2, 0.25) is 11.9 Å². The van der Waals surface area contributed by atoms with Crippen LogP contribution in [0.15, 0.2) is 6.33 Å². The van der Waals surface area contributed by atoms with Crippen molar-refractivity contribution in [1.82, 2.24) is 29.7 Å². The largest absolute Gasteiger partial charge is 0.368 e. The standard InChI is InChI=1S/C10H14N8/c1-2-7-13-9(11)15-10(14-7)17-3-4-18-6-12-16-8(18)5-17/h6H,2-5H2,1H3,(H2,11,13,14,15). The van der Waals surface area contributed by atoms with Crippen LogP contribution in [0.3, 0.4) is 0 Å². The third-order valence-corrected chi connectivity index (χ3v) is 2.93. The second-order valence-electron chi connectivity index (χ2n) is 4.13. The number of aryl methyl sites for hydroxylation is 1. The highest BCUT2D eigenvalue weighted by Gasteiger charge is 2.20. The van der Waals surface area contributed by atoms with Crippen LogP contribution in [0, 0.1) is 0 Å². The summed E-state index contributed by atoms with van der Waals surface area (Å²) < 4.78 is 2.03. The Morgan fingerprint density at radius 1 is 1.28 bits per heavy atom. The van der Waals surface area contributed by atoms with Gasteiger partial charge in [0.05, 0.1) is 6.54 Å². The summed E-state index contributed by atoms with van der Waals surface area (Å²) in [6.07, 6.45) is 2.48. The molecule has 0 aromatic carbocycles. The van der Waals surface area contributed by atoms with Gasteiger partial charge < -0.3 is 15.2 Å². The number of aromatic nitrogens is 6. The Morgan fingerprint density at radius 2 is 2.17 bits per heavy atom. The molecule has 0 saturated heterocycles. The average Bonchev–Trinajstić information content (AvgIpc) is 2.85. The number of fused-ring (bicyclic) bond motifs is 1. The van der Waals surface area contributed by atoms with E-state index >= 15 is 0 Å². The fraction of sp³-hybridized carbons (Fsp3) is 0.500. The van der Waals surface area contributed by atoms with E-state index in [2.05, 4.69) is 25.1 Å². The first-order chi connectivity index (χ1) is 8.76. The molecular weight excluding hydrogens is 232 g/mol. The topological polar surface area (TPSA) is 98.6 Å². The molecule has 0 bridgehead atoms. The van der Waals surface area contributed by atoms with E-state index in [0.717, 1.165) is 25.3 Å². The minimum Gasteiger partial charge on any atom is -0.368 e. The molecule has 94 valence electrons. The van der Waals surface area contributed by atoms with E-state index in [1.54, 1.807) is 6.33 Å². The summed E-state index contributed by atoms with van der Waals surface area (Å²) in [7, 11) is 0. The molecule has 8 heteroatoms. The summed E-state index contributed by atoms with van der Waals surface area (Å²) in [5, 5.41) is 7.96. The number of hydrogen-bond acceptors (Lipinski definition) is 7. The van der Waals surface area contributed by atoms with Gasteiger partial charge in [-0.1, -0.05) is 6.92 Å². The van der Waals surface area contributed by atoms with Gasteiger partial charge in [0.25, 0.3) is 0 Å². The number of nitrogen functional groups attached to an aromatic ring is 1. The first kappa shape index (κ1) is 10.9. The highest BCUT2D eigenvalue weighted by Crippen LogP contribution is 2.16. The third-order valence-electron chi connectivity index (χ3n) is 2.93. The van der Waals surface area contributed by atoms with Gasteiger partial charge in [-0.15, -0.1) is 10.2 Å². The molecule has 0 unspecified atom stereocenters. The quantitative estimate of drug-likeness (QED) is 0.771. The maximum absolute atomic E-state index is 5.69. The SMILES string of the molecule is CCc1nc(N)nc(N2CCn3cnnc3C2)n1. The van der Waals surface area contributed by atoms with Crippen molar-refractivity contribution in [3.05, 3.63) is 18.0 Å². The molecule has 2 aromatic heterocycles. The number of nitrogens with zero attached hydrogens (tertiary/aromatic N) is 7. The molecule has 0 amide bonds. The number of rotatable bonds is 2. The summed E-state index contributed by atoms with van der Waals surface area (Å²) in [6, 6.07) is 0. The first-order valence-corrected chi connectivity index (χ1v) is 5.88. The maximum atomic E-state index is 5.69. The van der Waals surface area contributed by atoms with Crippen molar-refractivity contribution in [2.75, 3.05) is 17.2 Å². The van der Waals surface area contributed by atoms with Crippen LogP contribution in [0.4, 0.5) is 11.9 Å². The van der Waals surface area contributed by atoms with Gasteiger partial charge >= 0.3 is 0 Å². The van der Waals surface area contributed by atoms with E-state index in [1.165, 1.54) is 0 Å². The van der Waals surface area contributed by atoms with Crippen molar-refractivity contribution >= 4 is 11.9 Å². The predicted molar refractivity (Wildman–Crippen MR) is 64.7 cm³/mol. The zero-order valence-electron chi connectivity index (χ0n) is 10.1. The lowest BCUT2D eigenvalue weighted by molar-refractivity contribution is 0.550. The molecule has 0 spiro atoms. The minimum absolute atomic E-state index is 0.267. The fourth-order valence-electron chi connectivity index (χ4n) is 1.96. The normalized spacial score (nSPS) is 14.6. The lowest BCUT2D eigenvalue weighted by Crippen LogP contribution is -2.35. The van der Waals surface area contributed by atoms with E-state index in [0.29, 0.717) is 18.3 Å². The molecule has 3 rings (SSSR count). The van der Waals surface area contributed by atoms with Crippen LogP contribution in [0.5, 0.6) is 0 Å². The van der Waals surface area contributed by atoms with Crippen LogP contribution < -0.4 is 10.6 Å². The molecule has 2 N–H and O–H groups in total. The molecule has 18 heavy (non-hydrogen) atoms. The van der Waals surface area contributed by atoms with Crippen molar-refractivity contribution in [2.45, 2.75) is 26.4 Å². The van der Waals surface area contributed by atoms with Crippen molar-refractivity contribution in [2.24, 2.45) is 0 Å². The van der Waals surface area contributed by atoms with Crippen molar-refractivity contribution < 1.29 is 0 Å². The second kappa shape index (κ2) is 4.21. The van der Waals surface area contributed by atoms with Gasteiger partial charge in [-0.05, 0) is 0 Å². The van der Waals surface area contributed by atoms with E-state index in [-0.39, 0.29) is 5.95 Å². The van der Waals surface area contributed by atoms with Gasteiger partial charge in [0.1, 0.15) is 12.2 Å². The van der Waals surface area contributed by atoms with Crippen LogP contribution in [0.25, 0.3) is 0 Å². The Balaban J connectivity index is 1.90. The Kier molecular flexibility index (Phi) is 2.54. The Bertz CT molecular complexity index is 563. The monoisotopic (exact) mass is 246 g/mol. The molecule has 0 fully saturated rings.